The quantitative estimate of drug-likeness (QED) is 0.195. The molecule has 0 atom stereocenters. The van der Waals surface area contributed by atoms with E-state index in [-0.39, 0.29) is 17.4 Å². The zero-order chi connectivity index (χ0) is 29.9. The average molecular weight is 572 g/mol. The summed E-state index contributed by atoms with van der Waals surface area (Å²) < 4.78 is 13.2. The molecule has 42 heavy (non-hydrogen) atoms. The first-order valence-corrected chi connectivity index (χ1v) is 14.3. The van der Waals surface area contributed by atoms with Crippen molar-refractivity contribution in [2.24, 2.45) is 5.41 Å². The van der Waals surface area contributed by atoms with Gasteiger partial charge < -0.3 is 23.5 Å². The molecule has 1 aliphatic heterocycles. The number of fused-ring (bicyclic) bond motifs is 2. The van der Waals surface area contributed by atoms with E-state index in [1.807, 2.05) is 49.5 Å². The van der Waals surface area contributed by atoms with Crippen LogP contribution in [0.1, 0.15) is 32.8 Å². The SMILES string of the molecule is CCN1C(=O)C(C)(C)C(=O)N(C)c2cc(OCCCN(CCn3ccc4ccoc4c3=O)Cc3ccncc3)ccc21. The first-order chi connectivity index (χ1) is 20.2. The van der Waals surface area contributed by atoms with Crippen molar-refractivity contribution in [3.05, 3.63) is 83.2 Å². The lowest BCUT2D eigenvalue weighted by Crippen LogP contribution is -2.47. The average Bonchev–Trinajstić information content (AvgIpc) is 3.47. The topological polar surface area (TPSA) is 101 Å². The molecule has 5 rings (SSSR count). The Kier molecular flexibility index (Phi) is 8.44. The van der Waals surface area contributed by atoms with Crippen molar-refractivity contribution in [1.29, 1.82) is 0 Å². The van der Waals surface area contributed by atoms with Gasteiger partial charge in [-0.25, -0.2) is 0 Å². The van der Waals surface area contributed by atoms with E-state index in [1.165, 1.54) is 6.26 Å². The maximum Gasteiger partial charge on any atom is 0.294 e. The zero-order valence-electron chi connectivity index (χ0n) is 24.6. The fourth-order valence-electron chi connectivity index (χ4n) is 5.38. The highest BCUT2D eigenvalue weighted by molar-refractivity contribution is 6.20. The Morgan fingerprint density at radius 3 is 2.52 bits per heavy atom. The maximum absolute atomic E-state index is 13.1. The molecular weight excluding hydrogens is 534 g/mol. The van der Waals surface area contributed by atoms with Gasteiger partial charge in [0, 0.05) is 69.8 Å². The number of ether oxygens (including phenoxy) is 1. The first-order valence-electron chi connectivity index (χ1n) is 14.3. The second-order valence-corrected chi connectivity index (χ2v) is 11.0. The van der Waals surface area contributed by atoms with Crippen molar-refractivity contribution < 1.29 is 18.7 Å². The molecule has 220 valence electrons. The molecule has 0 unspecified atom stereocenters. The van der Waals surface area contributed by atoms with E-state index in [2.05, 4.69) is 9.88 Å². The third-order valence-electron chi connectivity index (χ3n) is 7.82. The van der Waals surface area contributed by atoms with Crippen LogP contribution in [0, 0.1) is 5.41 Å². The molecule has 0 N–H and O–H groups in total. The van der Waals surface area contributed by atoms with Crippen LogP contribution >= 0.6 is 0 Å². The van der Waals surface area contributed by atoms with Crippen LogP contribution in [0.15, 0.2) is 76.5 Å². The van der Waals surface area contributed by atoms with E-state index in [9.17, 15) is 14.4 Å². The molecule has 0 aliphatic carbocycles. The number of furan rings is 1. The number of benzene rings is 1. The fourth-order valence-corrected chi connectivity index (χ4v) is 5.38. The predicted octanol–water partition coefficient (Wildman–Crippen LogP) is 4.32. The van der Waals surface area contributed by atoms with Gasteiger partial charge >= 0.3 is 0 Å². The number of hydrogen-bond donors (Lipinski definition) is 0. The highest BCUT2D eigenvalue weighted by atomic mass is 16.5. The van der Waals surface area contributed by atoms with Gasteiger partial charge in [0.15, 0.2) is 5.58 Å². The predicted molar refractivity (Wildman–Crippen MR) is 162 cm³/mol. The number of aromatic nitrogens is 2. The Bertz CT molecular complexity index is 1630. The molecule has 0 bridgehead atoms. The summed E-state index contributed by atoms with van der Waals surface area (Å²) in [6.07, 6.45) is 7.64. The van der Waals surface area contributed by atoms with Gasteiger partial charge in [-0.1, -0.05) is 0 Å². The van der Waals surface area contributed by atoms with Crippen molar-refractivity contribution in [3.8, 4) is 5.75 Å². The van der Waals surface area contributed by atoms with E-state index in [0.29, 0.717) is 55.5 Å². The Hall–Kier alpha value is -4.44. The maximum atomic E-state index is 13.1. The van der Waals surface area contributed by atoms with Gasteiger partial charge in [0.1, 0.15) is 11.2 Å². The Morgan fingerprint density at radius 1 is 0.976 bits per heavy atom. The van der Waals surface area contributed by atoms with Crippen LogP contribution in [-0.2, 0) is 22.7 Å². The Balaban J connectivity index is 1.25. The molecule has 4 aromatic rings. The van der Waals surface area contributed by atoms with E-state index in [0.717, 1.165) is 23.9 Å². The van der Waals surface area contributed by atoms with Gasteiger partial charge in [0.25, 0.3) is 5.56 Å². The molecule has 4 heterocycles. The third-order valence-corrected chi connectivity index (χ3v) is 7.82. The summed E-state index contributed by atoms with van der Waals surface area (Å²) in [7, 11) is 1.70. The fraction of sp³-hybridized carbons (Fsp3) is 0.375. The van der Waals surface area contributed by atoms with Gasteiger partial charge in [-0.3, -0.25) is 24.3 Å². The summed E-state index contributed by atoms with van der Waals surface area (Å²) in [4.78, 5) is 48.7. The smallest absolute Gasteiger partial charge is 0.294 e. The molecule has 10 nitrogen and oxygen atoms in total. The monoisotopic (exact) mass is 571 g/mol. The molecule has 1 aliphatic rings. The van der Waals surface area contributed by atoms with Gasteiger partial charge in [-0.2, -0.15) is 0 Å². The summed E-state index contributed by atoms with van der Waals surface area (Å²) in [6.45, 7) is 8.81. The summed E-state index contributed by atoms with van der Waals surface area (Å²) in [5.74, 6) is 0.171. The molecule has 1 aromatic carbocycles. The van der Waals surface area contributed by atoms with Crippen LogP contribution < -0.4 is 20.1 Å². The van der Waals surface area contributed by atoms with Crippen LogP contribution in [0.25, 0.3) is 11.0 Å². The molecule has 0 fully saturated rings. The molecule has 0 saturated heterocycles. The highest BCUT2D eigenvalue weighted by Gasteiger charge is 2.45. The molecule has 10 heteroatoms. The Labute approximate surface area is 245 Å². The van der Waals surface area contributed by atoms with Crippen LogP contribution in [0.3, 0.4) is 0 Å². The summed E-state index contributed by atoms with van der Waals surface area (Å²) in [5, 5.41) is 0.799. The lowest BCUT2D eigenvalue weighted by atomic mass is 9.90. The number of rotatable bonds is 11. The molecule has 0 radical (unpaired) electrons. The zero-order valence-corrected chi connectivity index (χ0v) is 24.6. The minimum atomic E-state index is -1.15. The van der Waals surface area contributed by atoms with E-state index in [1.54, 1.807) is 53.7 Å². The third kappa shape index (κ3) is 5.80. The second kappa shape index (κ2) is 12.2. The van der Waals surface area contributed by atoms with Crippen molar-refractivity contribution >= 4 is 34.2 Å². The lowest BCUT2D eigenvalue weighted by Gasteiger charge is -2.27. The van der Waals surface area contributed by atoms with Crippen molar-refractivity contribution in [3.63, 3.8) is 0 Å². The van der Waals surface area contributed by atoms with Crippen molar-refractivity contribution in [2.75, 3.05) is 43.1 Å². The number of carbonyl (C=O) groups excluding carboxylic acids is 2. The van der Waals surface area contributed by atoms with Crippen molar-refractivity contribution in [2.45, 2.75) is 40.3 Å². The molecule has 0 spiro atoms. The number of carbonyl (C=O) groups is 2. The van der Waals surface area contributed by atoms with Crippen molar-refractivity contribution in [1.82, 2.24) is 14.5 Å². The van der Waals surface area contributed by atoms with Gasteiger partial charge in [0.05, 0.1) is 24.2 Å². The molecule has 0 saturated carbocycles. The lowest BCUT2D eigenvalue weighted by molar-refractivity contribution is -0.137. The Morgan fingerprint density at radius 2 is 1.76 bits per heavy atom. The second-order valence-electron chi connectivity index (χ2n) is 11.0. The minimum absolute atomic E-state index is 0.136. The number of pyridine rings is 2. The minimum Gasteiger partial charge on any atom is -0.493 e. The standard InChI is InChI=1S/C32H37N5O5/c1-5-37-26-8-7-25(21-27(26)34(4)30(39)32(2,3)31(37)40)41-19-6-15-35(22-23-9-13-33-14-10-23)17-18-36-16-11-24-12-20-42-28(24)29(36)38/h7-14,16,20-21H,5-6,15,17-19,22H2,1-4H3. The largest absolute Gasteiger partial charge is 0.493 e. The molecule has 2 amide bonds. The van der Waals surface area contributed by atoms with Gasteiger partial charge in [0.2, 0.25) is 11.8 Å². The summed E-state index contributed by atoms with van der Waals surface area (Å²) >= 11 is 0. The van der Waals surface area contributed by atoms with Crippen LogP contribution in [0.4, 0.5) is 11.4 Å². The summed E-state index contributed by atoms with van der Waals surface area (Å²) in [5.41, 5.74) is 1.56. The number of amides is 2. The van der Waals surface area contributed by atoms with E-state index in [4.69, 9.17) is 9.15 Å². The van der Waals surface area contributed by atoms with E-state index < -0.39 is 5.41 Å². The highest BCUT2D eigenvalue weighted by Crippen LogP contribution is 2.40. The molecular formula is C32H37N5O5. The summed E-state index contributed by atoms with van der Waals surface area (Å²) in [6, 6.07) is 13.2. The van der Waals surface area contributed by atoms with Gasteiger partial charge in [-0.15, -0.1) is 0 Å². The normalized spacial score (nSPS) is 14.9. The first kappa shape index (κ1) is 29.1. The van der Waals surface area contributed by atoms with Crippen LogP contribution in [-0.4, -0.2) is 59.6 Å². The number of nitrogens with zero attached hydrogens (tertiary/aromatic N) is 5. The van der Waals surface area contributed by atoms with Crippen LogP contribution in [0.5, 0.6) is 5.75 Å². The number of hydrogen-bond acceptors (Lipinski definition) is 7. The molecule has 3 aromatic heterocycles. The number of anilines is 2. The van der Waals surface area contributed by atoms with Crippen LogP contribution in [0.2, 0.25) is 0 Å². The van der Waals surface area contributed by atoms with E-state index >= 15 is 0 Å². The van der Waals surface area contributed by atoms with Gasteiger partial charge in [-0.05, 0) is 69.2 Å².